The van der Waals surface area contributed by atoms with Crippen molar-refractivity contribution in [1.82, 2.24) is 19.9 Å². The number of rotatable bonds is 5. The van der Waals surface area contributed by atoms with Gasteiger partial charge in [-0.1, -0.05) is 12.5 Å². The molecule has 3 rings (SSSR count). The van der Waals surface area contributed by atoms with Gasteiger partial charge in [0.2, 0.25) is 0 Å². The van der Waals surface area contributed by atoms with Crippen molar-refractivity contribution in [3.05, 3.63) is 36.2 Å². The van der Waals surface area contributed by atoms with Gasteiger partial charge in [-0.25, -0.2) is 10.5 Å². The van der Waals surface area contributed by atoms with Gasteiger partial charge in [-0.15, -0.1) is 0 Å². The second-order valence-electron chi connectivity index (χ2n) is 5.90. The fourth-order valence-corrected chi connectivity index (χ4v) is 3.00. The van der Waals surface area contributed by atoms with Gasteiger partial charge >= 0.3 is 0 Å². The Bertz CT molecular complexity index is 702. The van der Waals surface area contributed by atoms with Crippen molar-refractivity contribution in [3.8, 4) is 0 Å². The fraction of sp³-hybridized carbons (Fsp3) is 0.412. The van der Waals surface area contributed by atoms with Crippen LogP contribution in [0, 0.1) is 0 Å². The minimum Gasteiger partial charge on any atom is -0.329 e. The summed E-state index contributed by atoms with van der Waals surface area (Å²) in [7, 11) is 0. The normalized spacial score (nSPS) is 16.2. The predicted molar refractivity (Wildman–Crippen MR) is 89.0 cm³/mol. The average molecular weight is 314 g/mol. The third-order valence-electron chi connectivity index (χ3n) is 4.29. The molecule has 0 saturated carbocycles. The van der Waals surface area contributed by atoms with Crippen LogP contribution >= 0.6 is 0 Å². The Labute approximate surface area is 135 Å². The molecule has 1 amide bonds. The summed E-state index contributed by atoms with van der Waals surface area (Å²) in [6.45, 7) is 4.41. The maximum atomic E-state index is 11.0. The van der Waals surface area contributed by atoms with Crippen LogP contribution in [-0.4, -0.2) is 45.2 Å². The molecular formula is C17H22N4O2. The Balaban J connectivity index is 1.68. The standard InChI is InChI=1S/C17H22N4O2/c22-17(19-23)7-5-14-4-6-16-15(12-14)18-13-21(16)11-10-20-8-2-1-3-9-20/h4-7,12-13,23H,1-3,8-11H2,(H,19,22)/b7-5+. The second-order valence-corrected chi connectivity index (χ2v) is 5.90. The molecule has 1 aromatic heterocycles. The second kappa shape index (κ2) is 7.39. The van der Waals surface area contributed by atoms with Crippen LogP contribution in [0.3, 0.4) is 0 Å². The Morgan fingerprint density at radius 3 is 2.87 bits per heavy atom. The molecule has 122 valence electrons. The molecule has 0 unspecified atom stereocenters. The van der Waals surface area contributed by atoms with Crippen molar-refractivity contribution in [2.24, 2.45) is 0 Å². The van der Waals surface area contributed by atoms with Crippen LogP contribution in [0.1, 0.15) is 24.8 Å². The summed E-state index contributed by atoms with van der Waals surface area (Å²) in [5.74, 6) is -0.544. The lowest BCUT2D eigenvalue weighted by atomic mass is 10.1. The number of hydroxylamine groups is 1. The summed E-state index contributed by atoms with van der Waals surface area (Å²) in [4.78, 5) is 18.0. The van der Waals surface area contributed by atoms with Gasteiger partial charge in [0.1, 0.15) is 0 Å². The number of nitrogens with zero attached hydrogens (tertiary/aromatic N) is 3. The van der Waals surface area contributed by atoms with Crippen LogP contribution in [0.15, 0.2) is 30.6 Å². The number of amides is 1. The van der Waals surface area contributed by atoms with Crippen molar-refractivity contribution in [1.29, 1.82) is 0 Å². The zero-order chi connectivity index (χ0) is 16.1. The summed E-state index contributed by atoms with van der Waals surface area (Å²) in [5.41, 5.74) is 4.47. The molecule has 0 spiro atoms. The van der Waals surface area contributed by atoms with Crippen LogP contribution in [0.4, 0.5) is 0 Å². The summed E-state index contributed by atoms with van der Waals surface area (Å²) in [6, 6.07) is 5.91. The molecule has 1 aliphatic rings. The third-order valence-corrected chi connectivity index (χ3v) is 4.29. The largest absolute Gasteiger partial charge is 0.329 e. The highest BCUT2D eigenvalue weighted by atomic mass is 16.5. The molecule has 1 fully saturated rings. The first-order chi connectivity index (χ1) is 11.3. The van der Waals surface area contributed by atoms with Crippen molar-refractivity contribution in [3.63, 3.8) is 0 Å². The van der Waals surface area contributed by atoms with E-state index in [2.05, 4.69) is 14.5 Å². The lowest BCUT2D eigenvalue weighted by molar-refractivity contribution is -0.124. The van der Waals surface area contributed by atoms with Crippen molar-refractivity contribution in [2.45, 2.75) is 25.8 Å². The highest BCUT2D eigenvalue weighted by molar-refractivity contribution is 5.91. The molecule has 0 atom stereocenters. The van der Waals surface area contributed by atoms with Gasteiger partial charge < -0.3 is 9.47 Å². The van der Waals surface area contributed by atoms with Gasteiger partial charge in [0.05, 0.1) is 17.4 Å². The van der Waals surface area contributed by atoms with Crippen LogP contribution in [-0.2, 0) is 11.3 Å². The highest BCUT2D eigenvalue weighted by Gasteiger charge is 2.10. The number of carbonyl (C=O) groups is 1. The topological polar surface area (TPSA) is 70.4 Å². The third kappa shape index (κ3) is 3.97. The van der Waals surface area contributed by atoms with E-state index in [0.29, 0.717) is 0 Å². The number of imidazole rings is 1. The van der Waals surface area contributed by atoms with Crippen LogP contribution in [0.5, 0.6) is 0 Å². The van der Waals surface area contributed by atoms with Gasteiger partial charge in [-0.05, 0) is 49.7 Å². The Morgan fingerprint density at radius 1 is 1.26 bits per heavy atom. The first-order valence-electron chi connectivity index (χ1n) is 8.05. The molecule has 1 saturated heterocycles. The van der Waals surface area contributed by atoms with E-state index in [0.717, 1.165) is 29.7 Å². The summed E-state index contributed by atoms with van der Waals surface area (Å²) >= 11 is 0. The average Bonchev–Trinajstić information content (AvgIpc) is 3.01. The van der Waals surface area contributed by atoms with Gasteiger partial charge in [-0.3, -0.25) is 10.0 Å². The molecule has 2 aromatic rings. The molecule has 0 radical (unpaired) electrons. The summed E-state index contributed by atoms with van der Waals surface area (Å²) in [6.07, 6.45) is 8.79. The predicted octanol–water partition coefficient (Wildman–Crippen LogP) is 2.04. The Kier molecular flexibility index (Phi) is 5.05. The Hall–Kier alpha value is -2.18. The number of aromatic nitrogens is 2. The highest BCUT2D eigenvalue weighted by Crippen LogP contribution is 2.16. The smallest absolute Gasteiger partial charge is 0.267 e. The lowest BCUT2D eigenvalue weighted by Crippen LogP contribution is -2.32. The number of fused-ring (bicyclic) bond motifs is 1. The zero-order valence-electron chi connectivity index (χ0n) is 13.1. The van der Waals surface area contributed by atoms with Gasteiger partial charge in [0.15, 0.2) is 0 Å². The van der Waals surface area contributed by atoms with Gasteiger partial charge in [0, 0.05) is 19.2 Å². The number of hydrogen-bond acceptors (Lipinski definition) is 4. The molecule has 6 nitrogen and oxygen atoms in total. The first kappa shape index (κ1) is 15.7. The fourth-order valence-electron chi connectivity index (χ4n) is 3.00. The van der Waals surface area contributed by atoms with Gasteiger partial charge in [0.25, 0.3) is 5.91 Å². The van der Waals surface area contributed by atoms with Crippen LogP contribution in [0.2, 0.25) is 0 Å². The van der Waals surface area contributed by atoms with E-state index < -0.39 is 5.91 Å². The van der Waals surface area contributed by atoms with E-state index in [1.807, 2.05) is 24.5 Å². The summed E-state index contributed by atoms with van der Waals surface area (Å²) < 4.78 is 2.18. The van der Waals surface area contributed by atoms with Crippen molar-refractivity contribution >= 4 is 23.0 Å². The number of hydrogen-bond donors (Lipinski definition) is 2. The monoisotopic (exact) mass is 314 g/mol. The van der Waals surface area contributed by atoms with E-state index in [9.17, 15) is 4.79 Å². The number of piperidine rings is 1. The number of nitrogens with one attached hydrogen (secondary N) is 1. The molecule has 23 heavy (non-hydrogen) atoms. The molecule has 1 aliphatic heterocycles. The van der Waals surface area contributed by atoms with Gasteiger partial charge in [-0.2, -0.15) is 0 Å². The molecule has 1 aromatic carbocycles. The van der Waals surface area contributed by atoms with Crippen molar-refractivity contribution < 1.29 is 10.0 Å². The molecule has 2 heterocycles. The van der Waals surface area contributed by atoms with Crippen LogP contribution in [0.25, 0.3) is 17.1 Å². The minimum atomic E-state index is -0.544. The number of likely N-dealkylation sites (tertiary alicyclic amines) is 1. The van der Waals surface area contributed by atoms with E-state index in [1.54, 1.807) is 11.6 Å². The number of benzene rings is 1. The van der Waals surface area contributed by atoms with E-state index in [4.69, 9.17) is 5.21 Å². The SMILES string of the molecule is O=C(/C=C/c1ccc2c(c1)ncn2CCN1CCCCC1)NO. The van der Waals surface area contributed by atoms with E-state index in [1.165, 1.54) is 38.4 Å². The zero-order valence-corrected chi connectivity index (χ0v) is 13.1. The summed E-state index contributed by atoms with van der Waals surface area (Å²) in [5, 5.41) is 8.48. The first-order valence-corrected chi connectivity index (χ1v) is 8.05. The Morgan fingerprint density at radius 2 is 2.09 bits per heavy atom. The maximum Gasteiger partial charge on any atom is 0.267 e. The maximum absolute atomic E-state index is 11.0. The van der Waals surface area contributed by atoms with E-state index in [-0.39, 0.29) is 0 Å². The molecule has 0 bridgehead atoms. The van der Waals surface area contributed by atoms with Crippen LogP contribution < -0.4 is 5.48 Å². The molecule has 6 heteroatoms. The van der Waals surface area contributed by atoms with Crippen molar-refractivity contribution in [2.75, 3.05) is 19.6 Å². The van der Waals surface area contributed by atoms with E-state index >= 15 is 0 Å². The lowest BCUT2D eigenvalue weighted by Gasteiger charge is -2.26. The molecular weight excluding hydrogens is 292 g/mol. The molecule has 0 aliphatic carbocycles. The minimum absolute atomic E-state index is 0.544. The quantitative estimate of drug-likeness (QED) is 0.503. The number of carbonyl (C=O) groups excluding carboxylic acids is 1. The molecule has 2 N–H and O–H groups in total.